The Bertz CT molecular complexity index is 838. The summed E-state index contributed by atoms with van der Waals surface area (Å²) in [5.41, 5.74) is 1.51. The Morgan fingerprint density at radius 2 is 1.81 bits per heavy atom. The largest absolute Gasteiger partial charge is 0.439 e. The van der Waals surface area contributed by atoms with Gasteiger partial charge in [-0.05, 0) is 29.8 Å². The Morgan fingerprint density at radius 1 is 1.00 bits per heavy atom. The lowest BCUT2D eigenvalue weighted by Crippen LogP contribution is -2.33. The summed E-state index contributed by atoms with van der Waals surface area (Å²) >= 11 is 0. The number of aliphatic hydroxyl groups is 1. The third-order valence-electron chi connectivity index (χ3n) is 3.81. The van der Waals surface area contributed by atoms with Crippen molar-refractivity contribution in [3.63, 3.8) is 0 Å². The maximum absolute atomic E-state index is 12.9. The highest BCUT2D eigenvalue weighted by atomic mass is 16.5. The molecule has 0 radical (unpaired) electrons. The molecule has 0 atom stereocenters. The van der Waals surface area contributed by atoms with Gasteiger partial charge in [0.05, 0.1) is 6.61 Å². The number of hydrogen-bond acceptors (Lipinski definition) is 4. The van der Waals surface area contributed by atoms with E-state index in [0.29, 0.717) is 23.7 Å². The Kier molecular flexibility index (Phi) is 5.96. The molecule has 0 unspecified atom stereocenters. The fourth-order valence-electron chi connectivity index (χ4n) is 2.58. The fraction of sp³-hybridized carbons (Fsp3) is 0.143. The molecule has 5 heteroatoms. The van der Waals surface area contributed by atoms with Crippen LogP contribution in [-0.2, 0) is 6.54 Å². The molecule has 0 spiro atoms. The predicted octanol–water partition coefficient (Wildman–Crippen LogP) is 3.51. The van der Waals surface area contributed by atoms with Crippen LogP contribution in [0.4, 0.5) is 0 Å². The molecule has 5 nitrogen and oxygen atoms in total. The number of aromatic nitrogens is 1. The molecule has 0 aliphatic rings. The van der Waals surface area contributed by atoms with Crippen molar-refractivity contribution in [2.75, 3.05) is 13.2 Å². The first-order chi connectivity index (χ1) is 12.8. The lowest BCUT2D eigenvalue weighted by Gasteiger charge is -2.22. The van der Waals surface area contributed by atoms with E-state index < -0.39 is 0 Å². The summed E-state index contributed by atoms with van der Waals surface area (Å²) in [6.07, 6.45) is 1.65. The smallest absolute Gasteiger partial charge is 0.254 e. The van der Waals surface area contributed by atoms with Crippen molar-refractivity contribution < 1.29 is 14.6 Å². The first kappa shape index (κ1) is 17.6. The van der Waals surface area contributed by atoms with Gasteiger partial charge in [-0.15, -0.1) is 0 Å². The van der Waals surface area contributed by atoms with Crippen molar-refractivity contribution in [1.29, 1.82) is 0 Å². The van der Waals surface area contributed by atoms with Gasteiger partial charge in [0.15, 0.2) is 0 Å². The second kappa shape index (κ2) is 8.78. The number of carbonyl (C=O) groups is 1. The van der Waals surface area contributed by atoms with E-state index in [2.05, 4.69) is 4.98 Å². The van der Waals surface area contributed by atoms with E-state index in [1.54, 1.807) is 41.4 Å². The first-order valence-electron chi connectivity index (χ1n) is 8.39. The zero-order valence-corrected chi connectivity index (χ0v) is 14.3. The third kappa shape index (κ3) is 4.68. The van der Waals surface area contributed by atoms with E-state index in [1.807, 2.05) is 42.5 Å². The first-order valence-corrected chi connectivity index (χ1v) is 8.39. The van der Waals surface area contributed by atoms with Crippen molar-refractivity contribution in [2.24, 2.45) is 0 Å². The van der Waals surface area contributed by atoms with Gasteiger partial charge in [-0.1, -0.05) is 42.5 Å². The normalized spacial score (nSPS) is 10.3. The quantitative estimate of drug-likeness (QED) is 0.710. The lowest BCUT2D eigenvalue weighted by molar-refractivity contribution is 0.0707. The zero-order valence-electron chi connectivity index (χ0n) is 14.3. The van der Waals surface area contributed by atoms with Gasteiger partial charge in [0.2, 0.25) is 5.88 Å². The zero-order chi connectivity index (χ0) is 18.2. The van der Waals surface area contributed by atoms with Crippen LogP contribution in [0.25, 0.3) is 0 Å². The van der Waals surface area contributed by atoms with Gasteiger partial charge < -0.3 is 14.7 Å². The highest BCUT2D eigenvalue weighted by Crippen LogP contribution is 2.21. The van der Waals surface area contributed by atoms with Crippen LogP contribution >= 0.6 is 0 Å². The van der Waals surface area contributed by atoms with Gasteiger partial charge in [0.25, 0.3) is 5.91 Å². The van der Waals surface area contributed by atoms with Crippen LogP contribution in [-0.4, -0.2) is 34.0 Å². The van der Waals surface area contributed by atoms with E-state index in [0.717, 1.165) is 5.56 Å². The molecule has 0 fully saturated rings. The van der Waals surface area contributed by atoms with E-state index in [1.165, 1.54) is 0 Å². The minimum atomic E-state index is -0.158. The Hall–Kier alpha value is -3.18. The van der Waals surface area contributed by atoms with Crippen LogP contribution in [0.15, 0.2) is 79.0 Å². The van der Waals surface area contributed by atoms with Crippen LogP contribution in [0.1, 0.15) is 15.9 Å². The molecule has 0 aliphatic heterocycles. The van der Waals surface area contributed by atoms with Gasteiger partial charge in [-0.25, -0.2) is 4.98 Å². The average Bonchev–Trinajstić information content (AvgIpc) is 2.69. The van der Waals surface area contributed by atoms with Crippen molar-refractivity contribution in [1.82, 2.24) is 9.88 Å². The predicted molar refractivity (Wildman–Crippen MR) is 99.0 cm³/mol. The number of nitrogens with zero attached hydrogens (tertiary/aromatic N) is 2. The second-order valence-corrected chi connectivity index (χ2v) is 5.73. The van der Waals surface area contributed by atoms with E-state index >= 15 is 0 Å². The monoisotopic (exact) mass is 348 g/mol. The summed E-state index contributed by atoms with van der Waals surface area (Å²) < 4.78 is 5.70. The van der Waals surface area contributed by atoms with Gasteiger partial charge in [-0.3, -0.25) is 4.79 Å². The SMILES string of the molecule is O=C(c1cccc(Oc2ccccn2)c1)N(CCO)Cc1ccccc1. The van der Waals surface area contributed by atoms with Gasteiger partial charge in [0, 0.05) is 30.9 Å². The van der Waals surface area contributed by atoms with Crippen LogP contribution in [0, 0.1) is 0 Å². The summed E-state index contributed by atoms with van der Waals surface area (Å²) in [7, 11) is 0. The molecule has 0 aliphatic carbocycles. The number of hydrogen-bond donors (Lipinski definition) is 1. The molecule has 132 valence electrons. The Labute approximate surface area is 152 Å². The van der Waals surface area contributed by atoms with Crippen molar-refractivity contribution in [3.8, 4) is 11.6 Å². The maximum Gasteiger partial charge on any atom is 0.254 e. The van der Waals surface area contributed by atoms with E-state index in [-0.39, 0.29) is 19.1 Å². The molecule has 1 aromatic heterocycles. The topological polar surface area (TPSA) is 62.7 Å². The number of benzene rings is 2. The number of ether oxygens (including phenoxy) is 1. The third-order valence-corrected chi connectivity index (χ3v) is 3.81. The number of carbonyl (C=O) groups excluding carboxylic acids is 1. The number of amides is 1. The van der Waals surface area contributed by atoms with E-state index in [4.69, 9.17) is 4.74 Å². The summed E-state index contributed by atoms with van der Waals surface area (Å²) in [4.78, 5) is 18.6. The average molecular weight is 348 g/mol. The van der Waals surface area contributed by atoms with Crippen molar-refractivity contribution in [2.45, 2.75) is 6.54 Å². The van der Waals surface area contributed by atoms with Gasteiger partial charge >= 0.3 is 0 Å². The van der Waals surface area contributed by atoms with Crippen molar-refractivity contribution >= 4 is 5.91 Å². The molecule has 0 saturated carbocycles. The van der Waals surface area contributed by atoms with Crippen LogP contribution in [0.2, 0.25) is 0 Å². The van der Waals surface area contributed by atoms with Crippen LogP contribution in [0.5, 0.6) is 11.6 Å². The molecular weight excluding hydrogens is 328 g/mol. The molecular formula is C21H20N2O3. The minimum Gasteiger partial charge on any atom is -0.439 e. The molecule has 1 N–H and O–H groups in total. The molecule has 1 heterocycles. The summed E-state index contributed by atoms with van der Waals surface area (Å²) in [6.45, 7) is 0.604. The van der Waals surface area contributed by atoms with Crippen molar-refractivity contribution in [3.05, 3.63) is 90.1 Å². The van der Waals surface area contributed by atoms with Gasteiger partial charge in [-0.2, -0.15) is 0 Å². The molecule has 2 aromatic carbocycles. The number of pyridine rings is 1. The highest BCUT2D eigenvalue weighted by molar-refractivity contribution is 5.94. The number of rotatable bonds is 7. The fourth-order valence-corrected chi connectivity index (χ4v) is 2.58. The lowest BCUT2D eigenvalue weighted by atomic mass is 10.1. The molecule has 0 bridgehead atoms. The maximum atomic E-state index is 12.9. The summed E-state index contributed by atoms with van der Waals surface area (Å²) in [6, 6.07) is 22.1. The summed E-state index contributed by atoms with van der Waals surface area (Å²) in [5.74, 6) is 0.848. The second-order valence-electron chi connectivity index (χ2n) is 5.73. The Balaban J connectivity index is 1.77. The standard InChI is InChI=1S/C21H20N2O3/c24-14-13-23(16-17-7-2-1-3-8-17)21(25)18-9-6-10-19(15-18)26-20-11-4-5-12-22-20/h1-12,15,24H,13-14,16H2. The molecule has 1 amide bonds. The van der Waals surface area contributed by atoms with Gasteiger partial charge in [0.1, 0.15) is 5.75 Å². The van der Waals surface area contributed by atoms with Crippen LogP contribution < -0.4 is 4.74 Å². The van der Waals surface area contributed by atoms with Crippen LogP contribution in [0.3, 0.4) is 0 Å². The molecule has 3 rings (SSSR count). The minimum absolute atomic E-state index is 0.0945. The molecule has 0 saturated heterocycles. The van der Waals surface area contributed by atoms with E-state index in [9.17, 15) is 9.90 Å². The molecule has 26 heavy (non-hydrogen) atoms. The summed E-state index contributed by atoms with van der Waals surface area (Å²) in [5, 5.41) is 9.33. The molecule has 3 aromatic rings. The Morgan fingerprint density at radius 3 is 2.54 bits per heavy atom. The highest BCUT2D eigenvalue weighted by Gasteiger charge is 2.16. The number of aliphatic hydroxyl groups excluding tert-OH is 1.